The van der Waals surface area contributed by atoms with Gasteiger partial charge in [-0.1, -0.05) is 30.7 Å². The standard InChI is InChI=1S/C20H22ClN5O2/c1-12(2)9-26-18(27)16-17(23(4)20(26)28)22-19-24(10-13(3)11-25(16)19)15-7-5-14(21)6-8-15/h5-8,13H,1,9-11H2,2-4H3/t13-/m1/s1. The number of hydrogen-bond donors (Lipinski definition) is 0. The van der Waals surface area contributed by atoms with Gasteiger partial charge >= 0.3 is 5.69 Å². The Bertz CT molecular complexity index is 1200. The van der Waals surface area contributed by atoms with E-state index in [4.69, 9.17) is 16.6 Å². The highest BCUT2D eigenvalue weighted by Gasteiger charge is 2.29. The molecule has 0 fully saturated rings. The lowest BCUT2D eigenvalue weighted by Crippen LogP contribution is -2.40. The molecule has 0 saturated heterocycles. The van der Waals surface area contributed by atoms with Crippen molar-refractivity contribution in [2.75, 3.05) is 11.4 Å². The van der Waals surface area contributed by atoms with Crippen LogP contribution in [0.15, 0.2) is 46.0 Å². The van der Waals surface area contributed by atoms with E-state index in [-0.39, 0.29) is 17.8 Å². The summed E-state index contributed by atoms with van der Waals surface area (Å²) in [6, 6.07) is 7.53. The van der Waals surface area contributed by atoms with Crippen molar-refractivity contribution in [3.63, 3.8) is 0 Å². The Morgan fingerprint density at radius 1 is 1.25 bits per heavy atom. The second kappa shape index (κ2) is 6.67. The molecule has 0 spiro atoms. The van der Waals surface area contributed by atoms with Crippen LogP contribution in [-0.2, 0) is 20.1 Å². The lowest BCUT2D eigenvalue weighted by molar-refractivity contribution is 0.458. The number of hydrogen-bond acceptors (Lipinski definition) is 4. The number of aromatic nitrogens is 4. The van der Waals surface area contributed by atoms with Gasteiger partial charge in [-0.2, -0.15) is 4.98 Å². The third-order valence-electron chi connectivity index (χ3n) is 5.01. The summed E-state index contributed by atoms with van der Waals surface area (Å²) in [5.74, 6) is 0.961. The van der Waals surface area contributed by atoms with Crippen LogP contribution < -0.4 is 16.1 Å². The van der Waals surface area contributed by atoms with Crippen LogP contribution in [0, 0.1) is 5.92 Å². The maximum absolute atomic E-state index is 13.2. The third-order valence-corrected chi connectivity index (χ3v) is 5.26. The van der Waals surface area contributed by atoms with Crippen LogP contribution in [0.1, 0.15) is 13.8 Å². The summed E-state index contributed by atoms with van der Waals surface area (Å²) in [4.78, 5) is 32.6. The number of rotatable bonds is 3. The number of imidazole rings is 1. The van der Waals surface area contributed by atoms with E-state index < -0.39 is 0 Å². The molecule has 4 rings (SSSR count). The molecule has 28 heavy (non-hydrogen) atoms. The maximum Gasteiger partial charge on any atom is 0.332 e. The first-order chi connectivity index (χ1) is 13.3. The van der Waals surface area contributed by atoms with E-state index in [9.17, 15) is 9.59 Å². The van der Waals surface area contributed by atoms with Crippen LogP contribution in [0.25, 0.3) is 11.2 Å². The summed E-state index contributed by atoms with van der Waals surface area (Å²) < 4.78 is 4.59. The van der Waals surface area contributed by atoms with Crippen LogP contribution in [-0.4, -0.2) is 25.2 Å². The van der Waals surface area contributed by atoms with Crippen molar-refractivity contribution in [3.05, 3.63) is 62.3 Å². The fourth-order valence-corrected chi connectivity index (χ4v) is 3.88. The zero-order valence-electron chi connectivity index (χ0n) is 16.1. The molecule has 1 atom stereocenters. The van der Waals surface area contributed by atoms with Gasteiger partial charge in [0.1, 0.15) is 0 Å². The van der Waals surface area contributed by atoms with Crippen molar-refractivity contribution in [2.45, 2.75) is 26.9 Å². The Labute approximate surface area is 167 Å². The Morgan fingerprint density at radius 2 is 1.93 bits per heavy atom. The number of halogens is 1. The molecule has 7 nitrogen and oxygen atoms in total. The summed E-state index contributed by atoms with van der Waals surface area (Å²) in [6.07, 6.45) is 0. The summed E-state index contributed by atoms with van der Waals surface area (Å²) in [5.41, 5.74) is 1.82. The zero-order valence-corrected chi connectivity index (χ0v) is 16.9. The van der Waals surface area contributed by atoms with Crippen LogP contribution in [0.4, 0.5) is 11.6 Å². The Morgan fingerprint density at radius 3 is 2.57 bits per heavy atom. The van der Waals surface area contributed by atoms with Crippen LogP contribution >= 0.6 is 11.6 Å². The van der Waals surface area contributed by atoms with Crippen molar-refractivity contribution >= 4 is 34.4 Å². The number of benzene rings is 1. The molecule has 0 aliphatic carbocycles. The number of nitrogens with zero attached hydrogens (tertiary/aromatic N) is 5. The molecule has 0 unspecified atom stereocenters. The molecule has 3 heterocycles. The van der Waals surface area contributed by atoms with E-state index in [0.717, 1.165) is 17.8 Å². The SMILES string of the molecule is C=C(C)Cn1c(=O)c2c(nc3n2C[C@H](C)CN3c2ccc(Cl)cc2)n(C)c1=O. The molecule has 0 amide bonds. The van der Waals surface area contributed by atoms with E-state index in [1.807, 2.05) is 28.8 Å². The summed E-state index contributed by atoms with van der Waals surface area (Å²) in [6.45, 7) is 9.39. The molecule has 1 aromatic carbocycles. The van der Waals surface area contributed by atoms with Gasteiger partial charge in [-0.25, -0.2) is 4.79 Å². The van der Waals surface area contributed by atoms with Crippen molar-refractivity contribution < 1.29 is 0 Å². The molecule has 0 radical (unpaired) electrons. The van der Waals surface area contributed by atoms with Gasteiger partial charge in [-0.15, -0.1) is 0 Å². The van der Waals surface area contributed by atoms with Crippen molar-refractivity contribution in [1.29, 1.82) is 0 Å². The van der Waals surface area contributed by atoms with Gasteiger partial charge in [0.05, 0.1) is 6.54 Å². The highest BCUT2D eigenvalue weighted by molar-refractivity contribution is 6.30. The van der Waals surface area contributed by atoms with Gasteiger partial charge in [-0.05, 0) is 37.1 Å². The Balaban J connectivity index is 2.00. The molecule has 3 aromatic rings. The minimum atomic E-state index is -0.387. The van der Waals surface area contributed by atoms with Gasteiger partial charge in [0.25, 0.3) is 5.56 Å². The maximum atomic E-state index is 13.2. The molecule has 1 aliphatic rings. The molecule has 2 aromatic heterocycles. The molecule has 146 valence electrons. The lowest BCUT2D eigenvalue weighted by atomic mass is 10.1. The smallest absolute Gasteiger partial charge is 0.312 e. The van der Waals surface area contributed by atoms with Gasteiger partial charge in [0.2, 0.25) is 5.95 Å². The second-order valence-electron chi connectivity index (χ2n) is 7.58. The minimum Gasteiger partial charge on any atom is -0.312 e. The van der Waals surface area contributed by atoms with E-state index in [0.29, 0.717) is 34.6 Å². The number of allylic oxidation sites excluding steroid dienone is 1. The monoisotopic (exact) mass is 399 g/mol. The number of anilines is 2. The highest BCUT2D eigenvalue weighted by Crippen LogP contribution is 2.33. The van der Waals surface area contributed by atoms with Gasteiger partial charge in [0, 0.05) is 30.8 Å². The van der Waals surface area contributed by atoms with Crippen LogP contribution in [0.2, 0.25) is 5.02 Å². The Kier molecular flexibility index (Phi) is 4.42. The summed E-state index contributed by atoms with van der Waals surface area (Å²) in [5, 5.41) is 0.660. The fourth-order valence-electron chi connectivity index (χ4n) is 3.75. The molecular formula is C20H22ClN5O2. The average Bonchev–Trinajstić information content (AvgIpc) is 3.03. The van der Waals surface area contributed by atoms with Crippen LogP contribution in [0.3, 0.4) is 0 Å². The molecule has 0 N–H and O–H groups in total. The molecular weight excluding hydrogens is 378 g/mol. The first kappa shape index (κ1) is 18.6. The van der Waals surface area contributed by atoms with Crippen LogP contribution in [0.5, 0.6) is 0 Å². The predicted molar refractivity (Wildman–Crippen MR) is 112 cm³/mol. The van der Waals surface area contributed by atoms with Gasteiger partial charge in [-0.3, -0.25) is 13.9 Å². The average molecular weight is 400 g/mol. The summed E-state index contributed by atoms with van der Waals surface area (Å²) in [7, 11) is 1.65. The van der Waals surface area contributed by atoms with E-state index in [1.165, 1.54) is 9.13 Å². The van der Waals surface area contributed by atoms with Crippen molar-refractivity contribution in [1.82, 2.24) is 18.7 Å². The molecule has 0 saturated carbocycles. The van der Waals surface area contributed by atoms with Gasteiger partial charge < -0.3 is 9.47 Å². The first-order valence-corrected chi connectivity index (χ1v) is 9.53. The zero-order chi connectivity index (χ0) is 20.2. The van der Waals surface area contributed by atoms with Gasteiger partial charge in [0.15, 0.2) is 11.2 Å². The highest BCUT2D eigenvalue weighted by atomic mass is 35.5. The van der Waals surface area contributed by atoms with Crippen molar-refractivity contribution in [2.24, 2.45) is 13.0 Å². The predicted octanol–water partition coefficient (Wildman–Crippen LogP) is 2.91. The minimum absolute atomic E-state index is 0.193. The quantitative estimate of drug-likeness (QED) is 0.635. The van der Waals surface area contributed by atoms with Crippen molar-refractivity contribution in [3.8, 4) is 0 Å². The number of fused-ring (bicyclic) bond motifs is 3. The number of aryl methyl sites for hydroxylation is 1. The molecule has 1 aliphatic heterocycles. The summed E-state index contributed by atoms with van der Waals surface area (Å²) >= 11 is 6.03. The lowest BCUT2D eigenvalue weighted by Gasteiger charge is -2.33. The Hall–Kier alpha value is -2.80. The van der Waals surface area contributed by atoms with E-state index in [2.05, 4.69) is 18.4 Å². The largest absolute Gasteiger partial charge is 0.332 e. The first-order valence-electron chi connectivity index (χ1n) is 9.15. The normalized spacial score (nSPS) is 16.4. The second-order valence-corrected chi connectivity index (χ2v) is 8.01. The molecule has 0 bridgehead atoms. The van der Waals surface area contributed by atoms with E-state index in [1.54, 1.807) is 14.0 Å². The fraction of sp³-hybridized carbons (Fsp3) is 0.350. The van der Waals surface area contributed by atoms with E-state index >= 15 is 0 Å². The molecule has 8 heteroatoms. The third kappa shape index (κ3) is 2.86. The topological polar surface area (TPSA) is 65.1 Å².